The lowest BCUT2D eigenvalue weighted by molar-refractivity contribution is 0.0698. The van der Waals surface area contributed by atoms with Crippen molar-refractivity contribution in [2.45, 2.75) is 13.8 Å². The number of carboxylic acid groups (broad SMARTS) is 1. The molecule has 5 nitrogen and oxygen atoms in total. The number of hydrogen-bond donors (Lipinski definition) is 2. The molecule has 0 aliphatic rings. The number of carboxylic acids is 1. The van der Waals surface area contributed by atoms with E-state index in [1.54, 1.807) is 26.0 Å². The summed E-state index contributed by atoms with van der Waals surface area (Å²) < 4.78 is 5.57. The summed E-state index contributed by atoms with van der Waals surface area (Å²) in [7, 11) is 0. The molecule has 6 heteroatoms. The molecule has 0 spiro atoms. The molecule has 0 unspecified atom stereocenters. The third-order valence-corrected chi connectivity index (χ3v) is 3.17. The van der Waals surface area contributed by atoms with Gasteiger partial charge >= 0.3 is 5.97 Å². The highest BCUT2D eigenvalue weighted by molar-refractivity contribution is 9.10. The number of anilines is 1. The topological polar surface area (TPSA) is 79.5 Å². The molecule has 2 aromatic rings. The minimum absolute atomic E-state index is 0.0569. The van der Waals surface area contributed by atoms with Gasteiger partial charge in [0.15, 0.2) is 10.4 Å². The van der Waals surface area contributed by atoms with Gasteiger partial charge in [-0.05, 0) is 59.1 Å². The predicted molar refractivity (Wildman–Crippen MR) is 77.2 cm³/mol. The van der Waals surface area contributed by atoms with Crippen LogP contribution in [0.3, 0.4) is 0 Å². The van der Waals surface area contributed by atoms with Crippen molar-refractivity contribution in [1.29, 1.82) is 0 Å². The normalized spacial score (nSPS) is 10.3. The van der Waals surface area contributed by atoms with Crippen molar-refractivity contribution in [3.8, 4) is 0 Å². The van der Waals surface area contributed by atoms with Crippen LogP contribution in [0.25, 0.3) is 0 Å². The molecule has 2 N–H and O–H groups in total. The van der Waals surface area contributed by atoms with E-state index in [1.807, 2.05) is 0 Å². The third-order valence-electron chi connectivity index (χ3n) is 2.75. The van der Waals surface area contributed by atoms with E-state index in [1.165, 1.54) is 12.1 Å². The van der Waals surface area contributed by atoms with E-state index in [2.05, 4.69) is 21.2 Å². The highest BCUT2D eigenvalue weighted by Crippen LogP contribution is 2.24. The number of halogens is 1. The van der Waals surface area contributed by atoms with Crippen molar-refractivity contribution in [3.05, 3.63) is 51.4 Å². The van der Waals surface area contributed by atoms with E-state index in [0.29, 0.717) is 10.2 Å². The zero-order valence-electron chi connectivity index (χ0n) is 10.9. The average Bonchev–Trinajstić information content (AvgIpc) is 2.78. The van der Waals surface area contributed by atoms with Crippen LogP contribution in [0.15, 0.2) is 33.4 Å². The fourth-order valence-electron chi connectivity index (χ4n) is 1.91. The Labute approximate surface area is 123 Å². The van der Waals surface area contributed by atoms with Crippen molar-refractivity contribution in [1.82, 2.24) is 0 Å². The van der Waals surface area contributed by atoms with Gasteiger partial charge in [-0.25, -0.2) is 4.79 Å². The third kappa shape index (κ3) is 2.91. The van der Waals surface area contributed by atoms with E-state index < -0.39 is 11.9 Å². The number of amides is 1. The number of aromatic carboxylic acids is 1. The summed E-state index contributed by atoms with van der Waals surface area (Å²) in [5.74, 6) is -1.48. The highest BCUT2D eigenvalue weighted by Gasteiger charge is 2.18. The molecule has 0 saturated heterocycles. The summed E-state index contributed by atoms with van der Waals surface area (Å²) in [5.41, 5.74) is 1.84. The highest BCUT2D eigenvalue weighted by atomic mass is 79.9. The molecule has 0 fully saturated rings. The number of nitrogens with one attached hydrogen (secondary N) is 1. The zero-order chi connectivity index (χ0) is 14.9. The lowest BCUT2D eigenvalue weighted by atomic mass is 10.0. The van der Waals surface area contributed by atoms with Gasteiger partial charge in [-0.15, -0.1) is 0 Å². The first kappa shape index (κ1) is 14.3. The second-order valence-electron chi connectivity index (χ2n) is 4.37. The fraction of sp³-hybridized carbons (Fsp3) is 0.143. The largest absolute Gasteiger partial charge is 0.478 e. The van der Waals surface area contributed by atoms with Gasteiger partial charge in [-0.2, -0.15) is 0 Å². The molecule has 1 aromatic heterocycles. The van der Waals surface area contributed by atoms with Crippen LogP contribution in [-0.2, 0) is 0 Å². The number of aryl methyl sites for hydroxylation is 2. The van der Waals surface area contributed by atoms with Crippen LogP contribution in [0, 0.1) is 13.8 Å². The Hall–Kier alpha value is -2.08. The number of furan rings is 1. The van der Waals surface area contributed by atoms with Crippen molar-refractivity contribution < 1.29 is 19.1 Å². The first-order valence-corrected chi connectivity index (χ1v) is 6.59. The van der Waals surface area contributed by atoms with Crippen LogP contribution in [0.4, 0.5) is 5.69 Å². The van der Waals surface area contributed by atoms with E-state index in [-0.39, 0.29) is 17.0 Å². The van der Waals surface area contributed by atoms with Crippen LogP contribution < -0.4 is 5.32 Å². The van der Waals surface area contributed by atoms with E-state index in [0.717, 1.165) is 5.56 Å². The minimum Gasteiger partial charge on any atom is -0.478 e. The van der Waals surface area contributed by atoms with Crippen LogP contribution in [0.5, 0.6) is 0 Å². The molecule has 0 saturated carbocycles. The summed E-state index contributed by atoms with van der Waals surface area (Å²) in [6.45, 7) is 3.54. The number of rotatable bonds is 3. The van der Waals surface area contributed by atoms with Crippen LogP contribution >= 0.6 is 15.9 Å². The molecule has 0 radical (unpaired) electrons. The molecule has 0 aliphatic carbocycles. The summed E-state index contributed by atoms with van der Waals surface area (Å²) >= 11 is 3.11. The average molecular weight is 338 g/mol. The Morgan fingerprint density at radius 2 is 1.95 bits per heavy atom. The molecular weight excluding hydrogens is 326 g/mol. The summed E-state index contributed by atoms with van der Waals surface area (Å²) in [6.07, 6.45) is 0. The van der Waals surface area contributed by atoms with Crippen molar-refractivity contribution >= 4 is 33.5 Å². The van der Waals surface area contributed by atoms with Gasteiger partial charge in [-0.3, -0.25) is 4.79 Å². The summed E-state index contributed by atoms with van der Waals surface area (Å²) in [4.78, 5) is 23.3. The maximum Gasteiger partial charge on any atom is 0.337 e. The van der Waals surface area contributed by atoms with Gasteiger partial charge in [0, 0.05) is 0 Å². The van der Waals surface area contributed by atoms with Crippen molar-refractivity contribution in [3.63, 3.8) is 0 Å². The van der Waals surface area contributed by atoms with E-state index >= 15 is 0 Å². The molecule has 1 amide bonds. The van der Waals surface area contributed by atoms with E-state index in [4.69, 9.17) is 4.42 Å². The Morgan fingerprint density at radius 1 is 1.25 bits per heavy atom. The first-order valence-electron chi connectivity index (χ1n) is 5.79. The number of benzene rings is 1. The standard InChI is InChI=1S/C14H12BrNO4/c1-7-5-8(2)12(9(6-7)14(18)19)16-13(17)10-3-4-11(15)20-10/h3-6H,1-2H3,(H,16,17)(H,18,19). The molecule has 104 valence electrons. The molecule has 2 rings (SSSR count). The van der Waals surface area contributed by atoms with Gasteiger partial charge in [0.25, 0.3) is 5.91 Å². The number of carbonyl (C=O) groups is 2. The molecular formula is C14H12BrNO4. The zero-order valence-corrected chi connectivity index (χ0v) is 12.4. The molecule has 0 bridgehead atoms. The quantitative estimate of drug-likeness (QED) is 0.896. The maximum atomic E-state index is 12.0. The SMILES string of the molecule is Cc1cc(C)c(NC(=O)c2ccc(Br)o2)c(C(=O)O)c1. The molecule has 0 aliphatic heterocycles. The van der Waals surface area contributed by atoms with Crippen LogP contribution in [-0.4, -0.2) is 17.0 Å². The molecule has 20 heavy (non-hydrogen) atoms. The Morgan fingerprint density at radius 3 is 2.50 bits per heavy atom. The lowest BCUT2D eigenvalue weighted by Gasteiger charge is -2.12. The fourth-order valence-corrected chi connectivity index (χ4v) is 2.22. The molecule has 1 aromatic carbocycles. The lowest BCUT2D eigenvalue weighted by Crippen LogP contribution is -2.15. The van der Waals surface area contributed by atoms with Gasteiger partial charge < -0.3 is 14.8 Å². The van der Waals surface area contributed by atoms with Crippen molar-refractivity contribution in [2.24, 2.45) is 0 Å². The minimum atomic E-state index is -1.09. The van der Waals surface area contributed by atoms with Crippen LogP contribution in [0.1, 0.15) is 32.0 Å². The Balaban J connectivity index is 2.38. The maximum absolute atomic E-state index is 12.0. The second kappa shape index (κ2) is 5.50. The number of hydrogen-bond acceptors (Lipinski definition) is 3. The molecule has 1 heterocycles. The van der Waals surface area contributed by atoms with Gasteiger partial charge in [0.05, 0.1) is 11.3 Å². The van der Waals surface area contributed by atoms with Gasteiger partial charge in [-0.1, -0.05) is 6.07 Å². The predicted octanol–water partition coefficient (Wildman–Crippen LogP) is 3.61. The molecule has 0 atom stereocenters. The summed E-state index contributed by atoms with van der Waals surface area (Å²) in [5, 5.41) is 11.8. The smallest absolute Gasteiger partial charge is 0.337 e. The number of carbonyl (C=O) groups excluding carboxylic acids is 1. The van der Waals surface area contributed by atoms with Gasteiger partial charge in [0.2, 0.25) is 0 Å². The van der Waals surface area contributed by atoms with Gasteiger partial charge in [0.1, 0.15) is 0 Å². The van der Waals surface area contributed by atoms with Crippen molar-refractivity contribution in [2.75, 3.05) is 5.32 Å². The monoisotopic (exact) mass is 337 g/mol. The Kier molecular flexibility index (Phi) is 3.94. The Bertz CT molecular complexity index is 690. The summed E-state index contributed by atoms with van der Waals surface area (Å²) in [6, 6.07) is 6.42. The van der Waals surface area contributed by atoms with Crippen LogP contribution in [0.2, 0.25) is 0 Å². The second-order valence-corrected chi connectivity index (χ2v) is 5.15. The van der Waals surface area contributed by atoms with E-state index in [9.17, 15) is 14.7 Å². The first-order chi connectivity index (χ1) is 9.38.